The Hall–Kier alpha value is -1.33. The van der Waals surface area contributed by atoms with Crippen LogP contribution in [0.25, 0.3) is 0 Å². The summed E-state index contributed by atoms with van der Waals surface area (Å²) in [6.07, 6.45) is 1.69. The van der Waals surface area contributed by atoms with E-state index < -0.39 is 0 Å². The topological polar surface area (TPSA) is 66.6 Å². The van der Waals surface area contributed by atoms with Gasteiger partial charge in [0.1, 0.15) is 5.69 Å². The van der Waals surface area contributed by atoms with Gasteiger partial charge in [0, 0.05) is 30.8 Å². The zero-order valence-corrected chi connectivity index (χ0v) is 10.6. The molecule has 0 aliphatic carbocycles. The van der Waals surface area contributed by atoms with Crippen molar-refractivity contribution in [3.05, 3.63) is 33.3 Å². The Labute approximate surface area is 110 Å². The number of nitrogens with zero attached hydrogens (tertiary/aromatic N) is 2. The third-order valence-corrected chi connectivity index (χ3v) is 3.58. The Morgan fingerprint density at radius 1 is 1.44 bits per heavy atom. The molecule has 1 fully saturated rings. The summed E-state index contributed by atoms with van der Waals surface area (Å²) in [5.41, 5.74) is 0.658. The number of halogens is 1. The predicted molar refractivity (Wildman–Crippen MR) is 70.1 cm³/mol. The fourth-order valence-corrected chi connectivity index (χ4v) is 2.43. The van der Waals surface area contributed by atoms with Gasteiger partial charge in [-0.15, -0.1) is 0 Å². The van der Waals surface area contributed by atoms with Crippen molar-refractivity contribution in [3.63, 3.8) is 0 Å². The van der Waals surface area contributed by atoms with Gasteiger partial charge in [-0.2, -0.15) is 0 Å². The molecule has 1 aromatic rings. The van der Waals surface area contributed by atoms with Crippen LogP contribution in [0.15, 0.2) is 18.2 Å². The highest BCUT2D eigenvalue weighted by atomic mass is 35.5. The molecule has 0 amide bonds. The summed E-state index contributed by atoms with van der Waals surface area (Å²) in [5, 5.41) is 20.6. The molecule has 0 aromatic heterocycles. The number of aliphatic hydroxyl groups excluding tert-OH is 1. The number of rotatable bonds is 3. The minimum atomic E-state index is -0.385. The maximum Gasteiger partial charge on any atom is 0.292 e. The summed E-state index contributed by atoms with van der Waals surface area (Å²) in [6.45, 7) is 1.62. The monoisotopic (exact) mass is 270 g/mol. The lowest BCUT2D eigenvalue weighted by Crippen LogP contribution is -2.35. The van der Waals surface area contributed by atoms with Crippen molar-refractivity contribution in [2.24, 2.45) is 5.92 Å². The number of piperidine rings is 1. The van der Waals surface area contributed by atoms with Crippen LogP contribution in [0.2, 0.25) is 5.02 Å². The molecule has 0 radical (unpaired) electrons. The third kappa shape index (κ3) is 2.73. The highest BCUT2D eigenvalue weighted by Crippen LogP contribution is 2.33. The van der Waals surface area contributed by atoms with Gasteiger partial charge in [-0.1, -0.05) is 11.6 Å². The first-order valence-corrected chi connectivity index (χ1v) is 6.29. The van der Waals surface area contributed by atoms with Crippen LogP contribution in [0.3, 0.4) is 0 Å². The Morgan fingerprint density at radius 3 is 2.67 bits per heavy atom. The SMILES string of the molecule is O=[N+]([O-])c1ccc(Cl)cc1N1CCC(CO)CC1. The number of hydrogen-bond acceptors (Lipinski definition) is 4. The van der Waals surface area contributed by atoms with Crippen LogP contribution in [0.5, 0.6) is 0 Å². The van der Waals surface area contributed by atoms with Crippen LogP contribution >= 0.6 is 11.6 Å². The molecule has 0 bridgehead atoms. The van der Waals surface area contributed by atoms with Crippen molar-refractivity contribution >= 4 is 23.0 Å². The van der Waals surface area contributed by atoms with Crippen LogP contribution in [0.4, 0.5) is 11.4 Å². The summed E-state index contributed by atoms with van der Waals surface area (Å²) < 4.78 is 0. The Kier molecular flexibility index (Phi) is 4.04. The fourth-order valence-electron chi connectivity index (χ4n) is 2.26. The highest BCUT2D eigenvalue weighted by Gasteiger charge is 2.24. The van der Waals surface area contributed by atoms with E-state index in [9.17, 15) is 10.1 Å². The van der Waals surface area contributed by atoms with E-state index in [2.05, 4.69) is 0 Å². The average molecular weight is 271 g/mol. The second kappa shape index (κ2) is 5.54. The van der Waals surface area contributed by atoms with Gasteiger partial charge in [-0.3, -0.25) is 10.1 Å². The van der Waals surface area contributed by atoms with Gasteiger partial charge in [0.15, 0.2) is 0 Å². The largest absolute Gasteiger partial charge is 0.396 e. The van der Waals surface area contributed by atoms with Crippen molar-refractivity contribution in [2.75, 3.05) is 24.6 Å². The van der Waals surface area contributed by atoms with E-state index in [0.717, 1.165) is 12.8 Å². The molecule has 0 saturated carbocycles. The molecule has 5 nitrogen and oxygen atoms in total. The van der Waals surface area contributed by atoms with Crippen LogP contribution in [-0.2, 0) is 0 Å². The van der Waals surface area contributed by atoms with E-state index in [4.69, 9.17) is 16.7 Å². The molecule has 6 heteroatoms. The first-order valence-electron chi connectivity index (χ1n) is 5.91. The Morgan fingerprint density at radius 2 is 2.11 bits per heavy atom. The zero-order chi connectivity index (χ0) is 13.1. The quantitative estimate of drug-likeness (QED) is 0.677. The Balaban J connectivity index is 2.22. The van der Waals surface area contributed by atoms with Crippen LogP contribution in [0, 0.1) is 16.0 Å². The van der Waals surface area contributed by atoms with E-state index in [-0.39, 0.29) is 17.2 Å². The summed E-state index contributed by atoms with van der Waals surface area (Å²) in [6, 6.07) is 4.61. The van der Waals surface area contributed by atoms with Gasteiger partial charge >= 0.3 is 0 Å². The van der Waals surface area contributed by atoms with Gasteiger partial charge < -0.3 is 10.0 Å². The molecular formula is C12H15ClN2O3. The summed E-state index contributed by atoms with van der Waals surface area (Å²) in [4.78, 5) is 12.6. The minimum Gasteiger partial charge on any atom is -0.396 e. The minimum absolute atomic E-state index is 0.0850. The summed E-state index contributed by atoms with van der Waals surface area (Å²) in [7, 11) is 0. The molecular weight excluding hydrogens is 256 g/mol. The van der Waals surface area contributed by atoms with Crippen molar-refractivity contribution in [3.8, 4) is 0 Å². The molecule has 0 unspecified atom stereocenters. The van der Waals surface area contributed by atoms with Gasteiger partial charge in [0.25, 0.3) is 5.69 Å². The molecule has 1 aliphatic rings. The van der Waals surface area contributed by atoms with E-state index in [1.54, 1.807) is 6.07 Å². The van der Waals surface area contributed by atoms with E-state index >= 15 is 0 Å². The molecule has 2 rings (SSSR count). The standard InChI is InChI=1S/C12H15ClN2O3/c13-10-1-2-11(15(17)18)12(7-10)14-5-3-9(8-16)4-6-14/h1-2,7,9,16H,3-6,8H2. The van der Waals surface area contributed by atoms with E-state index in [1.807, 2.05) is 4.90 Å². The molecule has 1 aromatic carbocycles. The molecule has 1 N–H and O–H groups in total. The zero-order valence-electron chi connectivity index (χ0n) is 9.88. The molecule has 1 heterocycles. The third-order valence-electron chi connectivity index (χ3n) is 3.35. The van der Waals surface area contributed by atoms with Crippen LogP contribution in [0.1, 0.15) is 12.8 Å². The van der Waals surface area contributed by atoms with Gasteiger partial charge in [-0.05, 0) is 30.9 Å². The summed E-state index contributed by atoms with van der Waals surface area (Å²) in [5.74, 6) is 0.305. The van der Waals surface area contributed by atoms with Crippen LogP contribution in [-0.4, -0.2) is 29.7 Å². The van der Waals surface area contributed by atoms with Gasteiger partial charge in [0.05, 0.1) is 4.92 Å². The maximum atomic E-state index is 11.0. The number of nitro groups is 1. The first-order chi connectivity index (χ1) is 8.61. The number of benzene rings is 1. The van der Waals surface area contributed by atoms with E-state index in [0.29, 0.717) is 29.7 Å². The van der Waals surface area contributed by atoms with E-state index in [1.165, 1.54) is 12.1 Å². The second-order valence-corrected chi connectivity index (χ2v) is 4.94. The second-order valence-electron chi connectivity index (χ2n) is 4.50. The molecule has 1 saturated heterocycles. The average Bonchev–Trinajstić information content (AvgIpc) is 2.38. The molecule has 1 aliphatic heterocycles. The van der Waals surface area contributed by atoms with Gasteiger partial charge in [-0.25, -0.2) is 0 Å². The molecule has 18 heavy (non-hydrogen) atoms. The first kappa shape index (κ1) is 13.1. The van der Waals surface area contributed by atoms with Crippen LogP contribution < -0.4 is 4.90 Å². The molecule has 0 spiro atoms. The van der Waals surface area contributed by atoms with Crippen molar-refractivity contribution in [1.29, 1.82) is 0 Å². The molecule has 98 valence electrons. The Bertz CT molecular complexity index is 445. The van der Waals surface area contributed by atoms with Crippen molar-refractivity contribution in [2.45, 2.75) is 12.8 Å². The highest BCUT2D eigenvalue weighted by molar-refractivity contribution is 6.31. The molecule has 0 atom stereocenters. The lowest BCUT2D eigenvalue weighted by atomic mass is 9.97. The van der Waals surface area contributed by atoms with Crippen molar-refractivity contribution < 1.29 is 10.0 Å². The fraction of sp³-hybridized carbons (Fsp3) is 0.500. The number of aliphatic hydroxyl groups is 1. The lowest BCUT2D eigenvalue weighted by Gasteiger charge is -2.32. The van der Waals surface area contributed by atoms with Crippen molar-refractivity contribution in [1.82, 2.24) is 0 Å². The van der Waals surface area contributed by atoms with Gasteiger partial charge in [0.2, 0.25) is 0 Å². The normalized spacial score (nSPS) is 16.9. The number of nitro benzene ring substituents is 1. The number of hydrogen-bond donors (Lipinski definition) is 1. The summed E-state index contributed by atoms with van der Waals surface area (Å²) >= 11 is 5.91. The number of anilines is 1. The smallest absolute Gasteiger partial charge is 0.292 e. The lowest BCUT2D eigenvalue weighted by molar-refractivity contribution is -0.384. The maximum absolute atomic E-state index is 11.0. The predicted octanol–water partition coefficient (Wildman–Crippen LogP) is 2.46.